The number of hydrogen-bond donors (Lipinski definition) is 0. The number of benzene rings is 1. The maximum atomic E-state index is 11.1. The van der Waals surface area contributed by atoms with E-state index in [2.05, 4.69) is 10.9 Å². The van der Waals surface area contributed by atoms with Crippen molar-refractivity contribution in [3.05, 3.63) is 42.2 Å². The number of aldehydes is 1. The summed E-state index contributed by atoms with van der Waals surface area (Å²) in [7, 11) is 0. The molecule has 3 nitrogen and oxygen atoms in total. The Morgan fingerprint density at radius 1 is 1.28 bits per heavy atom. The summed E-state index contributed by atoms with van der Waals surface area (Å²) in [4.78, 5) is 15.2. The topological polar surface area (TPSA) is 34.9 Å². The summed E-state index contributed by atoms with van der Waals surface area (Å²) < 4.78 is 1.96. The lowest BCUT2D eigenvalue weighted by Crippen LogP contribution is -1.99. The van der Waals surface area contributed by atoms with Crippen molar-refractivity contribution >= 4 is 28.1 Å². The molecule has 0 saturated carbocycles. The molecule has 0 unspecified atom stereocenters. The van der Waals surface area contributed by atoms with Gasteiger partial charge in [-0.15, -0.1) is 6.42 Å². The van der Waals surface area contributed by atoms with E-state index in [0.717, 1.165) is 28.1 Å². The summed E-state index contributed by atoms with van der Waals surface area (Å²) in [6.45, 7) is 0.427. The van der Waals surface area contributed by atoms with Crippen molar-refractivity contribution in [3.63, 3.8) is 0 Å². The van der Waals surface area contributed by atoms with E-state index in [0.29, 0.717) is 12.2 Å². The third-order valence-corrected chi connectivity index (χ3v) is 3.07. The number of carbonyl (C=O) groups excluding carboxylic acids is 1. The lowest BCUT2D eigenvalue weighted by Gasteiger charge is -2.03. The molecule has 0 atom stereocenters. The Bertz CT molecular complexity index is 793. The SMILES string of the molecule is C#CCn1c2ccccc2c2ccnc(C=O)c21. The van der Waals surface area contributed by atoms with Crippen LogP contribution in [0, 0.1) is 12.3 Å². The number of rotatable bonds is 2. The van der Waals surface area contributed by atoms with E-state index in [9.17, 15) is 4.79 Å². The average molecular weight is 234 g/mol. The summed E-state index contributed by atoms with van der Waals surface area (Å²) in [6.07, 6.45) is 7.84. The van der Waals surface area contributed by atoms with Gasteiger partial charge in [0.05, 0.1) is 17.6 Å². The van der Waals surface area contributed by atoms with Crippen molar-refractivity contribution in [3.8, 4) is 12.3 Å². The van der Waals surface area contributed by atoms with Gasteiger partial charge in [-0.2, -0.15) is 0 Å². The first-order valence-electron chi connectivity index (χ1n) is 5.61. The van der Waals surface area contributed by atoms with Crippen LogP contribution in [0.15, 0.2) is 36.5 Å². The number of fused-ring (bicyclic) bond motifs is 3. The van der Waals surface area contributed by atoms with Crippen LogP contribution in [0.4, 0.5) is 0 Å². The molecule has 18 heavy (non-hydrogen) atoms. The van der Waals surface area contributed by atoms with Crippen molar-refractivity contribution in [1.82, 2.24) is 9.55 Å². The highest BCUT2D eigenvalue weighted by molar-refractivity contribution is 6.11. The Labute approximate surface area is 104 Å². The van der Waals surface area contributed by atoms with Crippen LogP contribution in [0.5, 0.6) is 0 Å². The fraction of sp³-hybridized carbons (Fsp3) is 0.0667. The van der Waals surface area contributed by atoms with E-state index >= 15 is 0 Å². The summed E-state index contributed by atoms with van der Waals surface area (Å²) in [5.41, 5.74) is 2.27. The minimum atomic E-state index is 0.427. The van der Waals surface area contributed by atoms with Gasteiger partial charge in [-0.3, -0.25) is 9.78 Å². The molecule has 0 radical (unpaired) electrons. The summed E-state index contributed by atoms with van der Waals surface area (Å²) in [5.74, 6) is 2.62. The average Bonchev–Trinajstić information content (AvgIpc) is 2.74. The number of nitrogens with zero attached hydrogens (tertiary/aromatic N) is 2. The monoisotopic (exact) mass is 234 g/mol. The molecule has 0 aliphatic heterocycles. The Morgan fingerprint density at radius 2 is 2.11 bits per heavy atom. The highest BCUT2D eigenvalue weighted by Gasteiger charge is 2.13. The second kappa shape index (κ2) is 4.01. The van der Waals surface area contributed by atoms with E-state index in [1.807, 2.05) is 34.9 Å². The van der Waals surface area contributed by atoms with Gasteiger partial charge in [0.25, 0.3) is 0 Å². The predicted octanol–water partition coefficient (Wildman–Crippen LogP) is 2.64. The second-order valence-corrected chi connectivity index (χ2v) is 4.02. The molecule has 0 aliphatic carbocycles. The maximum absolute atomic E-state index is 11.1. The number of pyridine rings is 1. The fourth-order valence-corrected chi connectivity index (χ4v) is 2.37. The van der Waals surface area contributed by atoms with Crippen LogP contribution in [0.3, 0.4) is 0 Å². The zero-order valence-corrected chi connectivity index (χ0v) is 9.63. The van der Waals surface area contributed by atoms with E-state index in [-0.39, 0.29) is 0 Å². The van der Waals surface area contributed by atoms with Crippen molar-refractivity contribution in [2.75, 3.05) is 0 Å². The normalized spacial score (nSPS) is 10.6. The van der Waals surface area contributed by atoms with Gasteiger partial charge in [-0.05, 0) is 12.1 Å². The molecule has 0 N–H and O–H groups in total. The van der Waals surface area contributed by atoms with Crippen LogP contribution in [0.25, 0.3) is 21.8 Å². The number of hydrogen-bond acceptors (Lipinski definition) is 2. The Hall–Kier alpha value is -2.60. The first kappa shape index (κ1) is 10.5. The largest absolute Gasteiger partial charge is 0.327 e. The molecule has 3 heteroatoms. The first-order chi connectivity index (χ1) is 8.86. The molecule has 0 amide bonds. The lowest BCUT2D eigenvalue weighted by molar-refractivity contribution is 0.112. The minimum absolute atomic E-state index is 0.427. The number of aromatic nitrogens is 2. The highest BCUT2D eigenvalue weighted by atomic mass is 16.1. The number of carbonyl (C=O) groups is 1. The third-order valence-electron chi connectivity index (χ3n) is 3.07. The van der Waals surface area contributed by atoms with Crippen molar-refractivity contribution < 1.29 is 4.79 Å². The fourth-order valence-electron chi connectivity index (χ4n) is 2.37. The van der Waals surface area contributed by atoms with Gasteiger partial charge in [0.15, 0.2) is 6.29 Å². The Kier molecular flexibility index (Phi) is 2.35. The quantitative estimate of drug-likeness (QED) is 0.504. The Morgan fingerprint density at radius 3 is 2.89 bits per heavy atom. The molecule has 0 spiro atoms. The third kappa shape index (κ3) is 1.33. The smallest absolute Gasteiger partial charge is 0.170 e. The molecular weight excluding hydrogens is 224 g/mol. The Balaban J connectivity index is 2.59. The van der Waals surface area contributed by atoms with E-state index in [4.69, 9.17) is 6.42 Å². The van der Waals surface area contributed by atoms with Crippen LogP contribution in [-0.4, -0.2) is 15.8 Å². The molecule has 1 aromatic carbocycles. The first-order valence-corrected chi connectivity index (χ1v) is 5.61. The summed E-state index contributed by atoms with van der Waals surface area (Å²) in [6, 6.07) is 9.88. The van der Waals surface area contributed by atoms with Crippen molar-refractivity contribution in [2.24, 2.45) is 0 Å². The van der Waals surface area contributed by atoms with Gasteiger partial charge in [-0.25, -0.2) is 0 Å². The molecule has 2 heterocycles. The highest BCUT2D eigenvalue weighted by Crippen LogP contribution is 2.29. The second-order valence-electron chi connectivity index (χ2n) is 4.02. The van der Waals surface area contributed by atoms with Gasteiger partial charge >= 0.3 is 0 Å². The molecule has 2 aromatic heterocycles. The number of terminal acetylenes is 1. The van der Waals surface area contributed by atoms with Gasteiger partial charge in [0.1, 0.15) is 5.69 Å². The number of para-hydroxylation sites is 1. The van der Waals surface area contributed by atoms with Crippen LogP contribution < -0.4 is 0 Å². The van der Waals surface area contributed by atoms with E-state index in [1.54, 1.807) is 6.20 Å². The summed E-state index contributed by atoms with van der Waals surface area (Å²) in [5, 5.41) is 2.10. The van der Waals surface area contributed by atoms with Gasteiger partial charge < -0.3 is 4.57 Å². The maximum Gasteiger partial charge on any atom is 0.170 e. The van der Waals surface area contributed by atoms with Crippen LogP contribution >= 0.6 is 0 Å². The zero-order valence-electron chi connectivity index (χ0n) is 9.63. The van der Waals surface area contributed by atoms with E-state index < -0.39 is 0 Å². The zero-order chi connectivity index (χ0) is 12.5. The molecule has 3 rings (SSSR count). The molecule has 86 valence electrons. The molecule has 0 bridgehead atoms. The molecular formula is C15H10N2O. The predicted molar refractivity (Wildman–Crippen MR) is 71.5 cm³/mol. The molecule has 3 aromatic rings. The molecule has 0 aliphatic rings. The van der Waals surface area contributed by atoms with Gasteiger partial charge in [-0.1, -0.05) is 24.1 Å². The van der Waals surface area contributed by atoms with Crippen LogP contribution in [0.1, 0.15) is 10.5 Å². The van der Waals surface area contributed by atoms with Gasteiger partial charge in [0.2, 0.25) is 0 Å². The van der Waals surface area contributed by atoms with Gasteiger partial charge in [0, 0.05) is 17.0 Å². The van der Waals surface area contributed by atoms with E-state index in [1.165, 1.54) is 0 Å². The minimum Gasteiger partial charge on any atom is -0.327 e. The standard InChI is InChI=1S/C15H10N2O/c1-2-9-17-14-6-4-3-5-11(14)12-7-8-16-13(10-18)15(12)17/h1,3-8,10H,9H2. The van der Waals surface area contributed by atoms with Crippen molar-refractivity contribution in [2.45, 2.75) is 6.54 Å². The molecule has 0 saturated heterocycles. The van der Waals surface area contributed by atoms with Crippen LogP contribution in [0.2, 0.25) is 0 Å². The lowest BCUT2D eigenvalue weighted by atomic mass is 10.2. The van der Waals surface area contributed by atoms with Crippen molar-refractivity contribution in [1.29, 1.82) is 0 Å². The molecule has 0 fully saturated rings. The summed E-state index contributed by atoms with van der Waals surface area (Å²) >= 11 is 0. The van der Waals surface area contributed by atoms with Crippen LogP contribution in [-0.2, 0) is 6.54 Å².